The molecular formula is C23H23FN4O3S. The number of piperazine rings is 1. The molecule has 1 saturated heterocycles. The summed E-state index contributed by atoms with van der Waals surface area (Å²) in [6.45, 7) is 4.03. The van der Waals surface area contributed by atoms with Crippen LogP contribution in [0, 0.1) is 12.7 Å². The van der Waals surface area contributed by atoms with Crippen LogP contribution in [0.5, 0.6) is 0 Å². The minimum Gasteiger partial charge on any atom is -0.353 e. The second-order valence-electron chi connectivity index (χ2n) is 7.53. The molecule has 0 bridgehead atoms. The lowest BCUT2D eigenvalue weighted by Gasteiger charge is -2.35. The maximum Gasteiger partial charge on any atom is 0.262 e. The van der Waals surface area contributed by atoms with E-state index in [1.807, 2.05) is 18.2 Å². The van der Waals surface area contributed by atoms with Gasteiger partial charge >= 0.3 is 0 Å². The lowest BCUT2D eigenvalue weighted by molar-refractivity contribution is 0.0745. The fourth-order valence-electron chi connectivity index (χ4n) is 3.60. The van der Waals surface area contributed by atoms with Crippen molar-refractivity contribution >= 4 is 27.4 Å². The van der Waals surface area contributed by atoms with E-state index >= 15 is 0 Å². The number of anilines is 2. The smallest absolute Gasteiger partial charge is 0.262 e. The summed E-state index contributed by atoms with van der Waals surface area (Å²) < 4.78 is 41.8. The molecule has 7 nitrogen and oxygen atoms in total. The Labute approximate surface area is 186 Å². The molecule has 2 heterocycles. The largest absolute Gasteiger partial charge is 0.353 e. The fraction of sp³-hybridized carbons (Fsp3) is 0.217. The average molecular weight is 455 g/mol. The molecule has 32 heavy (non-hydrogen) atoms. The first-order valence-electron chi connectivity index (χ1n) is 10.2. The molecular weight excluding hydrogens is 431 g/mol. The van der Waals surface area contributed by atoms with E-state index in [2.05, 4.69) is 14.6 Å². The molecule has 9 heteroatoms. The van der Waals surface area contributed by atoms with Crippen molar-refractivity contribution in [2.24, 2.45) is 0 Å². The van der Waals surface area contributed by atoms with E-state index in [1.165, 1.54) is 36.4 Å². The summed E-state index contributed by atoms with van der Waals surface area (Å²) in [6.07, 6.45) is 1.73. The third-order valence-electron chi connectivity index (χ3n) is 5.41. The van der Waals surface area contributed by atoms with E-state index < -0.39 is 15.8 Å². The SMILES string of the molecule is Cc1ccc(S(=O)(=O)Nc2ccccc2F)cc1C(=O)N1CCN(c2ccccn2)CC1. The number of pyridine rings is 1. The van der Waals surface area contributed by atoms with Gasteiger partial charge in [0.1, 0.15) is 11.6 Å². The maximum atomic E-state index is 13.9. The summed E-state index contributed by atoms with van der Waals surface area (Å²) in [5.41, 5.74) is 0.839. The van der Waals surface area contributed by atoms with Crippen LogP contribution in [0.4, 0.5) is 15.9 Å². The number of rotatable bonds is 5. The van der Waals surface area contributed by atoms with Crippen molar-refractivity contribution in [3.8, 4) is 0 Å². The number of hydrogen-bond donors (Lipinski definition) is 1. The van der Waals surface area contributed by atoms with Crippen LogP contribution in [-0.4, -0.2) is 50.4 Å². The number of carbonyl (C=O) groups is 1. The van der Waals surface area contributed by atoms with E-state index in [9.17, 15) is 17.6 Å². The summed E-state index contributed by atoms with van der Waals surface area (Å²) in [7, 11) is -4.06. The van der Waals surface area contributed by atoms with Crippen molar-refractivity contribution in [3.05, 3.63) is 83.8 Å². The highest BCUT2D eigenvalue weighted by Gasteiger charge is 2.25. The van der Waals surface area contributed by atoms with Crippen molar-refractivity contribution < 1.29 is 17.6 Å². The number of nitrogens with zero attached hydrogens (tertiary/aromatic N) is 3. The highest BCUT2D eigenvalue weighted by molar-refractivity contribution is 7.92. The monoisotopic (exact) mass is 454 g/mol. The number of hydrogen-bond acceptors (Lipinski definition) is 5. The van der Waals surface area contributed by atoms with E-state index in [1.54, 1.807) is 24.1 Å². The third kappa shape index (κ3) is 4.57. The highest BCUT2D eigenvalue weighted by atomic mass is 32.2. The van der Waals surface area contributed by atoms with Gasteiger partial charge in [0.2, 0.25) is 0 Å². The first kappa shape index (κ1) is 21.8. The van der Waals surface area contributed by atoms with Crippen LogP contribution in [0.3, 0.4) is 0 Å². The summed E-state index contributed by atoms with van der Waals surface area (Å²) in [5.74, 6) is -0.0422. The van der Waals surface area contributed by atoms with Gasteiger partial charge in [0.05, 0.1) is 10.6 Å². The van der Waals surface area contributed by atoms with Crippen LogP contribution < -0.4 is 9.62 Å². The van der Waals surface area contributed by atoms with Gasteiger partial charge in [-0.25, -0.2) is 17.8 Å². The lowest BCUT2D eigenvalue weighted by atomic mass is 10.1. The van der Waals surface area contributed by atoms with E-state index in [0.717, 1.165) is 5.82 Å². The third-order valence-corrected chi connectivity index (χ3v) is 6.77. The zero-order valence-electron chi connectivity index (χ0n) is 17.5. The van der Waals surface area contributed by atoms with Gasteiger partial charge in [-0.15, -0.1) is 0 Å². The Kier molecular flexibility index (Phi) is 6.09. The molecule has 0 atom stereocenters. The molecule has 3 aromatic rings. The van der Waals surface area contributed by atoms with Crippen molar-refractivity contribution in [2.45, 2.75) is 11.8 Å². The van der Waals surface area contributed by atoms with Gasteiger partial charge in [-0.05, 0) is 48.9 Å². The lowest BCUT2D eigenvalue weighted by Crippen LogP contribution is -2.49. The number of carbonyl (C=O) groups excluding carboxylic acids is 1. The number of halogens is 1. The molecule has 0 radical (unpaired) electrons. The number of aromatic nitrogens is 1. The van der Waals surface area contributed by atoms with Gasteiger partial charge in [-0.2, -0.15) is 0 Å². The van der Waals surface area contributed by atoms with E-state index in [4.69, 9.17) is 0 Å². The van der Waals surface area contributed by atoms with Crippen LogP contribution in [0.15, 0.2) is 71.8 Å². The van der Waals surface area contributed by atoms with Crippen LogP contribution in [0.1, 0.15) is 15.9 Å². The highest BCUT2D eigenvalue weighted by Crippen LogP contribution is 2.23. The van der Waals surface area contributed by atoms with Crippen LogP contribution >= 0.6 is 0 Å². The quantitative estimate of drug-likeness (QED) is 0.640. The normalized spacial score (nSPS) is 14.3. The first-order chi connectivity index (χ1) is 15.3. The second-order valence-corrected chi connectivity index (χ2v) is 9.21. The number of nitrogens with one attached hydrogen (secondary N) is 1. The number of sulfonamides is 1. The summed E-state index contributed by atoms with van der Waals surface area (Å²) >= 11 is 0. The van der Waals surface area contributed by atoms with Crippen molar-refractivity contribution in [2.75, 3.05) is 35.8 Å². The standard InChI is InChI=1S/C23H23FN4O3S/c1-17-9-10-18(32(30,31)26-21-7-3-2-6-20(21)24)16-19(17)23(29)28-14-12-27(13-15-28)22-8-4-5-11-25-22/h2-11,16,26H,12-15H2,1H3. The Bertz CT molecular complexity index is 1230. The number of amides is 1. The molecule has 1 fully saturated rings. The van der Waals surface area contributed by atoms with Crippen molar-refractivity contribution in [3.63, 3.8) is 0 Å². The molecule has 1 aliphatic heterocycles. The van der Waals surface area contributed by atoms with Gasteiger partial charge < -0.3 is 9.80 Å². The van der Waals surface area contributed by atoms with Gasteiger partial charge in [-0.1, -0.05) is 24.3 Å². The van der Waals surface area contributed by atoms with Crippen LogP contribution in [0.25, 0.3) is 0 Å². The Balaban J connectivity index is 1.51. The number of aryl methyl sites for hydroxylation is 1. The Hall–Kier alpha value is -3.46. The second kappa shape index (κ2) is 8.96. The molecule has 1 amide bonds. The molecule has 0 saturated carbocycles. The minimum absolute atomic E-state index is 0.0955. The molecule has 166 valence electrons. The molecule has 1 N–H and O–H groups in total. The molecule has 4 rings (SSSR count). The maximum absolute atomic E-state index is 13.9. The van der Waals surface area contributed by atoms with Crippen LogP contribution in [0.2, 0.25) is 0 Å². The van der Waals surface area contributed by atoms with Gasteiger partial charge in [-0.3, -0.25) is 9.52 Å². The van der Waals surface area contributed by atoms with E-state index in [-0.39, 0.29) is 16.5 Å². The Morgan fingerprint density at radius 1 is 1.00 bits per heavy atom. The first-order valence-corrected chi connectivity index (χ1v) is 11.7. The topological polar surface area (TPSA) is 82.6 Å². The average Bonchev–Trinajstić information content (AvgIpc) is 2.81. The summed E-state index contributed by atoms with van der Waals surface area (Å²) in [5, 5.41) is 0. The van der Waals surface area contributed by atoms with Crippen molar-refractivity contribution in [1.29, 1.82) is 0 Å². The molecule has 2 aromatic carbocycles. The number of benzene rings is 2. The molecule has 0 spiro atoms. The predicted molar refractivity (Wildman–Crippen MR) is 121 cm³/mol. The Morgan fingerprint density at radius 2 is 1.72 bits per heavy atom. The van der Waals surface area contributed by atoms with Gasteiger partial charge in [0, 0.05) is 37.9 Å². The predicted octanol–water partition coefficient (Wildman–Crippen LogP) is 3.29. The zero-order chi connectivity index (χ0) is 22.7. The van der Waals surface area contributed by atoms with Gasteiger partial charge in [0.15, 0.2) is 0 Å². The number of para-hydroxylation sites is 1. The van der Waals surface area contributed by atoms with Crippen molar-refractivity contribution in [1.82, 2.24) is 9.88 Å². The van der Waals surface area contributed by atoms with Gasteiger partial charge in [0.25, 0.3) is 15.9 Å². The molecule has 1 aliphatic rings. The molecule has 0 aliphatic carbocycles. The summed E-state index contributed by atoms with van der Waals surface area (Å²) in [4.78, 5) is 21.2. The molecule has 1 aromatic heterocycles. The Morgan fingerprint density at radius 3 is 2.41 bits per heavy atom. The van der Waals surface area contributed by atoms with E-state index in [0.29, 0.717) is 37.3 Å². The molecule has 0 unspecified atom stereocenters. The fourth-order valence-corrected chi connectivity index (χ4v) is 4.69. The zero-order valence-corrected chi connectivity index (χ0v) is 18.3. The van der Waals surface area contributed by atoms with Crippen LogP contribution in [-0.2, 0) is 10.0 Å². The minimum atomic E-state index is -4.06. The summed E-state index contributed by atoms with van der Waals surface area (Å²) in [6, 6.07) is 15.6.